The number of ether oxygens (including phenoxy) is 1. The van der Waals surface area contributed by atoms with Gasteiger partial charge in [0.15, 0.2) is 0 Å². The van der Waals surface area contributed by atoms with Crippen molar-refractivity contribution >= 4 is 5.91 Å². The van der Waals surface area contributed by atoms with Gasteiger partial charge in [-0.15, -0.1) is 0 Å². The van der Waals surface area contributed by atoms with Crippen molar-refractivity contribution in [3.8, 4) is 5.75 Å². The van der Waals surface area contributed by atoms with Crippen LogP contribution in [0.25, 0.3) is 0 Å². The number of benzene rings is 1. The molecule has 1 aromatic carbocycles. The van der Waals surface area contributed by atoms with Gasteiger partial charge in [-0.3, -0.25) is 4.79 Å². The quantitative estimate of drug-likeness (QED) is 0.924. The van der Waals surface area contributed by atoms with Crippen LogP contribution in [0.3, 0.4) is 0 Å². The van der Waals surface area contributed by atoms with Crippen LogP contribution in [-0.2, 0) is 11.2 Å². The van der Waals surface area contributed by atoms with Crippen molar-refractivity contribution in [1.82, 2.24) is 5.32 Å². The molecule has 20 heavy (non-hydrogen) atoms. The summed E-state index contributed by atoms with van der Waals surface area (Å²) in [5.41, 5.74) is 2.32. The summed E-state index contributed by atoms with van der Waals surface area (Å²) >= 11 is 0. The average molecular weight is 287 g/mol. The molecule has 110 valence electrons. The molecule has 0 spiro atoms. The zero-order valence-corrected chi connectivity index (χ0v) is 11.1. The number of carbonyl (C=O) groups is 1. The van der Waals surface area contributed by atoms with Crippen LogP contribution in [0.1, 0.15) is 29.9 Å². The van der Waals surface area contributed by atoms with Crippen LogP contribution in [0.5, 0.6) is 5.75 Å². The Hall–Kier alpha value is -1.72. The van der Waals surface area contributed by atoms with Crippen molar-refractivity contribution < 1.29 is 22.7 Å². The van der Waals surface area contributed by atoms with Gasteiger partial charge >= 0.3 is 12.1 Å². The van der Waals surface area contributed by atoms with Gasteiger partial charge in [-0.05, 0) is 48.4 Å². The van der Waals surface area contributed by atoms with Gasteiger partial charge in [-0.25, -0.2) is 0 Å². The number of hydrogen-bond donors (Lipinski definition) is 1. The van der Waals surface area contributed by atoms with E-state index in [9.17, 15) is 18.0 Å². The van der Waals surface area contributed by atoms with E-state index in [1.807, 2.05) is 23.5 Å². The fraction of sp³-hybridized carbons (Fsp3) is 0.500. The molecule has 1 N–H and O–H groups in total. The Bertz CT molecular complexity index is 500. The fourth-order valence-electron chi connectivity index (χ4n) is 2.55. The summed E-state index contributed by atoms with van der Waals surface area (Å²) in [5, 5.41) is 1.91. The number of alkyl halides is 3. The summed E-state index contributed by atoms with van der Waals surface area (Å²) in [4.78, 5) is 10.7. The molecule has 1 amide bonds. The van der Waals surface area contributed by atoms with Crippen LogP contribution in [0.2, 0.25) is 0 Å². The number of halogens is 3. The van der Waals surface area contributed by atoms with Crippen LogP contribution >= 0.6 is 0 Å². The molecule has 1 aromatic rings. The van der Waals surface area contributed by atoms with E-state index in [1.165, 1.54) is 5.56 Å². The second-order valence-corrected chi connectivity index (χ2v) is 4.84. The van der Waals surface area contributed by atoms with Gasteiger partial charge in [0.25, 0.3) is 0 Å². The third-order valence-corrected chi connectivity index (χ3v) is 3.59. The SMILES string of the molecule is COc1ccc2c(c1)[C@H](CCNC(=O)C(F)(F)F)CC2. The highest BCUT2D eigenvalue weighted by Gasteiger charge is 2.38. The van der Waals surface area contributed by atoms with Crippen LogP contribution in [-0.4, -0.2) is 25.7 Å². The highest BCUT2D eigenvalue weighted by molar-refractivity contribution is 5.81. The minimum atomic E-state index is -4.81. The minimum Gasteiger partial charge on any atom is -0.497 e. The van der Waals surface area contributed by atoms with Gasteiger partial charge in [-0.1, -0.05) is 6.07 Å². The lowest BCUT2D eigenvalue weighted by Gasteiger charge is -2.14. The van der Waals surface area contributed by atoms with E-state index in [-0.39, 0.29) is 12.5 Å². The Morgan fingerprint density at radius 2 is 2.20 bits per heavy atom. The first-order valence-corrected chi connectivity index (χ1v) is 6.43. The highest BCUT2D eigenvalue weighted by atomic mass is 19.4. The number of rotatable bonds is 4. The van der Waals surface area contributed by atoms with Crippen molar-refractivity contribution in [2.24, 2.45) is 0 Å². The molecule has 0 radical (unpaired) electrons. The second-order valence-electron chi connectivity index (χ2n) is 4.84. The smallest absolute Gasteiger partial charge is 0.471 e. The molecule has 0 heterocycles. The number of aryl methyl sites for hydroxylation is 1. The Morgan fingerprint density at radius 3 is 2.85 bits per heavy atom. The first kappa shape index (κ1) is 14.7. The van der Waals surface area contributed by atoms with E-state index in [0.29, 0.717) is 6.42 Å². The van der Waals surface area contributed by atoms with E-state index >= 15 is 0 Å². The lowest BCUT2D eigenvalue weighted by Crippen LogP contribution is -2.37. The van der Waals surface area contributed by atoms with E-state index in [4.69, 9.17) is 4.74 Å². The van der Waals surface area contributed by atoms with E-state index in [1.54, 1.807) is 7.11 Å². The van der Waals surface area contributed by atoms with Gasteiger partial charge in [0.1, 0.15) is 5.75 Å². The van der Waals surface area contributed by atoms with Gasteiger partial charge in [0.2, 0.25) is 0 Å². The molecule has 0 aromatic heterocycles. The number of nitrogens with one attached hydrogen (secondary N) is 1. The maximum absolute atomic E-state index is 12.1. The Balaban J connectivity index is 1.92. The third kappa shape index (κ3) is 3.23. The van der Waals surface area contributed by atoms with E-state index in [2.05, 4.69) is 0 Å². The first-order chi connectivity index (χ1) is 9.41. The number of amides is 1. The lowest BCUT2D eigenvalue weighted by atomic mass is 9.97. The number of hydrogen-bond acceptors (Lipinski definition) is 2. The van der Waals surface area contributed by atoms with Gasteiger partial charge in [-0.2, -0.15) is 13.2 Å². The topological polar surface area (TPSA) is 38.3 Å². The molecule has 0 bridgehead atoms. The predicted molar refractivity (Wildman–Crippen MR) is 67.7 cm³/mol. The first-order valence-electron chi connectivity index (χ1n) is 6.43. The van der Waals surface area contributed by atoms with Crippen molar-refractivity contribution in [3.05, 3.63) is 29.3 Å². The molecule has 0 fully saturated rings. The van der Waals surface area contributed by atoms with Gasteiger partial charge in [0, 0.05) is 6.54 Å². The summed E-state index contributed by atoms with van der Waals surface area (Å²) in [6, 6.07) is 5.80. The standard InChI is InChI=1S/C14H16F3NO2/c1-20-11-5-4-9-2-3-10(12(9)8-11)6-7-18-13(19)14(15,16)17/h4-5,8,10H,2-3,6-7H2,1H3,(H,18,19)/t10-/m0/s1. The second kappa shape index (κ2) is 5.73. The zero-order chi connectivity index (χ0) is 14.8. The molecule has 1 atom stereocenters. The molecule has 1 aliphatic carbocycles. The summed E-state index contributed by atoms with van der Waals surface area (Å²) in [7, 11) is 1.58. The summed E-state index contributed by atoms with van der Waals surface area (Å²) in [6.07, 6.45) is -2.50. The lowest BCUT2D eigenvalue weighted by molar-refractivity contribution is -0.173. The van der Waals surface area contributed by atoms with Crippen LogP contribution < -0.4 is 10.1 Å². The van der Waals surface area contributed by atoms with Gasteiger partial charge < -0.3 is 10.1 Å². The monoisotopic (exact) mass is 287 g/mol. The van der Waals surface area contributed by atoms with Crippen LogP contribution in [0.4, 0.5) is 13.2 Å². The molecular formula is C14H16F3NO2. The molecule has 6 heteroatoms. The predicted octanol–water partition coefficient (Wildman–Crippen LogP) is 2.79. The molecule has 3 nitrogen and oxygen atoms in total. The van der Waals surface area contributed by atoms with Crippen molar-refractivity contribution in [3.63, 3.8) is 0 Å². The molecule has 0 saturated heterocycles. The summed E-state index contributed by atoms with van der Waals surface area (Å²) < 4.78 is 41.3. The highest BCUT2D eigenvalue weighted by Crippen LogP contribution is 2.37. The van der Waals surface area contributed by atoms with Crippen LogP contribution in [0, 0.1) is 0 Å². The van der Waals surface area contributed by atoms with Crippen molar-refractivity contribution in [2.75, 3.05) is 13.7 Å². The fourth-order valence-corrected chi connectivity index (χ4v) is 2.55. The Morgan fingerprint density at radius 1 is 1.45 bits per heavy atom. The Kier molecular flexibility index (Phi) is 4.20. The zero-order valence-electron chi connectivity index (χ0n) is 11.1. The average Bonchev–Trinajstić information content (AvgIpc) is 2.80. The molecule has 0 saturated carbocycles. The molecule has 1 aliphatic rings. The van der Waals surface area contributed by atoms with Crippen LogP contribution in [0.15, 0.2) is 18.2 Å². The molecule has 0 unspecified atom stereocenters. The molecule has 2 rings (SSSR count). The largest absolute Gasteiger partial charge is 0.497 e. The minimum absolute atomic E-state index is 0.0274. The normalized spacial score (nSPS) is 17.7. The summed E-state index contributed by atoms with van der Waals surface area (Å²) in [6.45, 7) is 0.0274. The van der Waals surface area contributed by atoms with Crippen molar-refractivity contribution in [1.29, 1.82) is 0 Å². The number of carbonyl (C=O) groups excluding carboxylic acids is 1. The van der Waals surface area contributed by atoms with Gasteiger partial charge in [0.05, 0.1) is 7.11 Å². The maximum atomic E-state index is 12.1. The Labute approximate surface area is 115 Å². The molecular weight excluding hydrogens is 271 g/mol. The maximum Gasteiger partial charge on any atom is 0.471 e. The number of methoxy groups -OCH3 is 1. The van der Waals surface area contributed by atoms with E-state index < -0.39 is 12.1 Å². The van der Waals surface area contributed by atoms with Crippen molar-refractivity contribution in [2.45, 2.75) is 31.4 Å². The molecule has 0 aliphatic heterocycles. The third-order valence-electron chi connectivity index (χ3n) is 3.59. The van der Waals surface area contributed by atoms with E-state index in [0.717, 1.165) is 24.2 Å². The number of fused-ring (bicyclic) bond motifs is 1. The summed E-state index contributed by atoms with van der Waals surface area (Å²) in [5.74, 6) is -0.954.